The van der Waals surface area contributed by atoms with Gasteiger partial charge >= 0.3 is 0 Å². The minimum absolute atomic E-state index is 0.116. The van der Waals surface area contributed by atoms with Crippen LogP contribution < -0.4 is 20.1 Å². The maximum absolute atomic E-state index is 12.2. The summed E-state index contributed by atoms with van der Waals surface area (Å²) in [4.78, 5) is 12.2. The van der Waals surface area contributed by atoms with Gasteiger partial charge < -0.3 is 20.1 Å². The Labute approximate surface area is 192 Å². The molecule has 0 unspecified atom stereocenters. The molecule has 7 heteroatoms. The van der Waals surface area contributed by atoms with Crippen LogP contribution in [-0.2, 0) is 11.3 Å². The van der Waals surface area contributed by atoms with Gasteiger partial charge in [-0.2, -0.15) is 0 Å². The first-order valence-electron chi connectivity index (χ1n) is 9.88. The minimum atomic E-state index is -0.238. The highest BCUT2D eigenvalue weighted by Crippen LogP contribution is 2.30. The lowest BCUT2D eigenvalue weighted by molar-refractivity contribution is -0.118. The van der Waals surface area contributed by atoms with Crippen molar-refractivity contribution in [3.63, 3.8) is 0 Å². The van der Waals surface area contributed by atoms with Crippen LogP contribution in [0.4, 0.5) is 11.4 Å². The van der Waals surface area contributed by atoms with E-state index in [1.54, 1.807) is 18.2 Å². The third-order valence-electron chi connectivity index (χ3n) is 4.38. The van der Waals surface area contributed by atoms with Crippen LogP contribution in [0.3, 0.4) is 0 Å². The van der Waals surface area contributed by atoms with Gasteiger partial charge in [-0.1, -0.05) is 41.4 Å². The molecule has 0 saturated carbocycles. The normalized spacial score (nSPS) is 10.5. The molecular formula is C24H24Cl2N2O3. The Hall–Kier alpha value is -2.89. The van der Waals surface area contributed by atoms with Crippen LogP contribution in [0.15, 0.2) is 60.7 Å². The van der Waals surface area contributed by atoms with Gasteiger partial charge in [0, 0.05) is 17.9 Å². The molecule has 0 aromatic heterocycles. The molecule has 0 aliphatic heterocycles. The van der Waals surface area contributed by atoms with Crippen LogP contribution in [-0.4, -0.2) is 19.1 Å². The van der Waals surface area contributed by atoms with Gasteiger partial charge in [-0.3, -0.25) is 4.79 Å². The molecule has 0 bridgehead atoms. The first-order valence-corrected chi connectivity index (χ1v) is 10.6. The highest BCUT2D eigenvalue weighted by atomic mass is 35.5. The zero-order chi connectivity index (χ0) is 22.2. The lowest BCUT2D eigenvalue weighted by Crippen LogP contribution is -2.20. The molecular weight excluding hydrogens is 435 g/mol. The summed E-state index contributed by atoms with van der Waals surface area (Å²) in [5, 5.41) is 7.13. The second kappa shape index (κ2) is 10.9. The third kappa shape index (κ3) is 6.81. The molecule has 0 aliphatic carbocycles. The summed E-state index contributed by atoms with van der Waals surface area (Å²) in [6.07, 6.45) is 0. The Balaban J connectivity index is 1.61. The fraction of sp³-hybridized carbons (Fsp3) is 0.208. The first-order chi connectivity index (χ1) is 14.9. The number of anilines is 2. The van der Waals surface area contributed by atoms with Crippen molar-refractivity contribution in [2.45, 2.75) is 20.4 Å². The number of nitrogens with one attached hydrogen (secondary N) is 2. The topological polar surface area (TPSA) is 59.6 Å². The molecule has 0 aliphatic rings. The Morgan fingerprint density at radius 2 is 1.74 bits per heavy atom. The minimum Gasteiger partial charge on any atom is -0.490 e. The van der Waals surface area contributed by atoms with Crippen molar-refractivity contribution in [2.75, 3.05) is 23.8 Å². The quantitative estimate of drug-likeness (QED) is 0.393. The molecule has 0 spiro atoms. The van der Waals surface area contributed by atoms with Gasteiger partial charge in [0.2, 0.25) is 0 Å². The van der Waals surface area contributed by atoms with Gasteiger partial charge in [0.05, 0.1) is 16.7 Å². The molecule has 162 valence electrons. The summed E-state index contributed by atoms with van der Waals surface area (Å²) >= 11 is 12.0. The van der Waals surface area contributed by atoms with E-state index in [1.807, 2.05) is 56.3 Å². The molecule has 31 heavy (non-hydrogen) atoms. The smallest absolute Gasteiger partial charge is 0.262 e. The van der Waals surface area contributed by atoms with E-state index in [1.165, 1.54) is 0 Å². The molecule has 5 nitrogen and oxygen atoms in total. The SMILES string of the molecule is CCOc1cc(CNc2ccc(Cl)c(Cl)c2)ccc1OCC(=O)Nc1cccc(C)c1. The van der Waals surface area contributed by atoms with E-state index < -0.39 is 0 Å². The Bertz CT molecular complexity index is 1060. The Morgan fingerprint density at radius 1 is 0.903 bits per heavy atom. The molecule has 0 atom stereocenters. The van der Waals surface area contributed by atoms with Gasteiger partial charge in [0.1, 0.15) is 0 Å². The number of hydrogen-bond acceptors (Lipinski definition) is 4. The number of ether oxygens (including phenoxy) is 2. The number of hydrogen-bond donors (Lipinski definition) is 2. The molecule has 0 radical (unpaired) electrons. The zero-order valence-corrected chi connectivity index (χ0v) is 18.9. The van der Waals surface area contributed by atoms with Crippen molar-refractivity contribution in [1.29, 1.82) is 0 Å². The van der Waals surface area contributed by atoms with Crippen molar-refractivity contribution in [2.24, 2.45) is 0 Å². The lowest BCUT2D eigenvalue weighted by Gasteiger charge is -2.14. The maximum Gasteiger partial charge on any atom is 0.262 e. The van der Waals surface area contributed by atoms with E-state index >= 15 is 0 Å². The Morgan fingerprint density at radius 3 is 2.48 bits per heavy atom. The van der Waals surface area contributed by atoms with Crippen molar-refractivity contribution in [1.82, 2.24) is 0 Å². The average molecular weight is 459 g/mol. The van der Waals surface area contributed by atoms with E-state index in [9.17, 15) is 4.79 Å². The van der Waals surface area contributed by atoms with E-state index in [-0.39, 0.29) is 12.5 Å². The van der Waals surface area contributed by atoms with Crippen LogP contribution >= 0.6 is 23.2 Å². The monoisotopic (exact) mass is 458 g/mol. The molecule has 0 heterocycles. The van der Waals surface area contributed by atoms with Gasteiger partial charge in [0.15, 0.2) is 18.1 Å². The van der Waals surface area contributed by atoms with Crippen LogP contribution in [0.25, 0.3) is 0 Å². The number of carbonyl (C=O) groups is 1. The van der Waals surface area contributed by atoms with Crippen molar-refractivity contribution in [3.8, 4) is 11.5 Å². The first kappa shape index (κ1) is 22.8. The van der Waals surface area contributed by atoms with Crippen molar-refractivity contribution in [3.05, 3.63) is 81.8 Å². The summed E-state index contributed by atoms with van der Waals surface area (Å²) in [5.74, 6) is 0.859. The molecule has 1 amide bonds. The molecule has 0 fully saturated rings. The van der Waals surface area contributed by atoms with E-state index in [4.69, 9.17) is 32.7 Å². The van der Waals surface area contributed by atoms with Crippen LogP contribution in [0.2, 0.25) is 10.0 Å². The van der Waals surface area contributed by atoms with E-state index in [2.05, 4.69) is 10.6 Å². The zero-order valence-electron chi connectivity index (χ0n) is 17.4. The fourth-order valence-corrected chi connectivity index (χ4v) is 3.22. The summed E-state index contributed by atoms with van der Waals surface area (Å²) in [6.45, 7) is 4.80. The second-order valence-electron chi connectivity index (χ2n) is 6.90. The van der Waals surface area contributed by atoms with Crippen LogP contribution in [0.5, 0.6) is 11.5 Å². The number of rotatable bonds is 9. The van der Waals surface area contributed by atoms with Gasteiger partial charge in [-0.25, -0.2) is 0 Å². The fourth-order valence-electron chi connectivity index (χ4n) is 2.92. The number of carbonyl (C=O) groups excluding carboxylic acids is 1. The predicted octanol–water partition coefficient (Wildman–Crippen LogP) is 6.33. The van der Waals surface area contributed by atoms with Crippen LogP contribution in [0.1, 0.15) is 18.1 Å². The van der Waals surface area contributed by atoms with Gasteiger partial charge in [-0.05, 0) is 67.4 Å². The molecule has 0 saturated heterocycles. The number of amides is 1. The Kier molecular flexibility index (Phi) is 8.04. The van der Waals surface area contributed by atoms with Crippen molar-refractivity contribution >= 4 is 40.5 Å². The van der Waals surface area contributed by atoms with Crippen LogP contribution in [0, 0.1) is 6.92 Å². The van der Waals surface area contributed by atoms with Gasteiger partial charge in [0.25, 0.3) is 5.91 Å². The number of halogens is 2. The molecule has 2 N–H and O–H groups in total. The number of benzene rings is 3. The standard InChI is InChI=1S/C24H24Cl2N2O3/c1-3-30-23-12-17(14-27-18-8-9-20(25)21(26)13-18)7-10-22(23)31-15-24(29)28-19-6-4-5-16(2)11-19/h4-13,27H,3,14-15H2,1-2H3,(H,28,29). The highest BCUT2D eigenvalue weighted by Gasteiger charge is 2.10. The summed E-state index contributed by atoms with van der Waals surface area (Å²) in [6, 6.07) is 18.6. The maximum atomic E-state index is 12.2. The molecule has 3 rings (SSSR count). The van der Waals surface area contributed by atoms with E-state index in [0.29, 0.717) is 34.7 Å². The van der Waals surface area contributed by atoms with Gasteiger partial charge in [-0.15, -0.1) is 0 Å². The average Bonchev–Trinajstić information content (AvgIpc) is 2.74. The lowest BCUT2D eigenvalue weighted by atomic mass is 10.2. The summed E-state index contributed by atoms with van der Waals surface area (Å²) < 4.78 is 11.4. The van der Waals surface area contributed by atoms with Crippen molar-refractivity contribution < 1.29 is 14.3 Å². The number of aryl methyl sites for hydroxylation is 1. The third-order valence-corrected chi connectivity index (χ3v) is 5.12. The highest BCUT2D eigenvalue weighted by molar-refractivity contribution is 6.42. The molecule has 3 aromatic carbocycles. The summed E-state index contributed by atoms with van der Waals surface area (Å²) in [7, 11) is 0. The van der Waals surface area contributed by atoms with E-state index in [0.717, 1.165) is 22.5 Å². The second-order valence-corrected chi connectivity index (χ2v) is 7.72. The molecule has 3 aromatic rings. The predicted molar refractivity (Wildman–Crippen MR) is 127 cm³/mol. The largest absolute Gasteiger partial charge is 0.490 e. The summed E-state index contributed by atoms with van der Waals surface area (Å²) in [5.41, 5.74) is 3.66.